The standard InChI is InChI=1S/C34H22O28/c35-23(11-1-5-19(51-39)31(59-47)27(11)55-43)15-9-17(25(37)13-3-7-21(53-41)33(61-49)29(13)57-45)18(26(38)14-4-8-22(54-42)34(62-50)30(14)58-46)10-16(15)24(36)12-2-6-20(52-40)32(60-48)28(12)56-44/h1-10,39-50H. The molecule has 0 aromatic heterocycles. The molecular weight excluding hydrogens is 856 g/mol. The lowest BCUT2D eigenvalue weighted by Crippen LogP contribution is -2.20. The van der Waals surface area contributed by atoms with Gasteiger partial charge in [0.05, 0.1) is 22.3 Å². The van der Waals surface area contributed by atoms with E-state index in [9.17, 15) is 82.3 Å². The van der Waals surface area contributed by atoms with Crippen molar-refractivity contribution in [3.05, 3.63) is 105 Å². The zero-order chi connectivity index (χ0) is 45.4. The summed E-state index contributed by atoms with van der Waals surface area (Å²) in [6, 6.07) is 6.83. The smallest absolute Gasteiger partial charge is 0.257 e. The third-order valence-electron chi connectivity index (χ3n) is 8.54. The second kappa shape index (κ2) is 19.3. The van der Waals surface area contributed by atoms with Gasteiger partial charge in [0.15, 0.2) is 23.1 Å². The maximum absolute atomic E-state index is 14.6. The molecule has 28 heteroatoms. The van der Waals surface area contributed by atoms with Gasteiger partial charge in [-0.25, -0.2) is 63.1 Å². The molecule has 5 rings (SSSR count). The summed E-state index contributed by atoms with van der Waals surface area (Å²) in [6.45, 7) is 0. The Morgan fingerprint density at radius 1 is 0.242 bits per heavy atom. The first-order chi connectivity index (χ1) is 29.9. The maximum atomic E-state index is 14.6. The fraction of sp³-hybridized carbons (Fsp3) is 0. The van der Waals surface area contributed by atoms with Crippen molar-refractivity contribution in [3.63, 3.8) is 0 Å². The van der Waals surface area contributed by atoms with Crippen molar-refractivity contribution in [2.24, 2.45) is 0 Å². The molecule has 0 heterocycles. The second-order valence-electron chi connectivity index (χ2n) is 11.4. The highest BCUT2D eigenvalue weighted by atomic mass is 17.2. The summed E-state index contributed by atoms with van der Waals surface area (Å²) >= 11 is 0. The normalized spacial score (nSPS) is 10.5. The lowest BCUT2D eigenvalue weighted by molar-refractivity contribution is -0.178. The van der Waals surface area contributed by atoms with E-state index in [2.05, 4.69) is 58.7 Å². The van der Waals surface area contributed by atoms with Crippen molar-refractivity contribution < 1.29 is 141 Å². The van der Waals surface area contributed by atoms with Gasteiger partial charge in [-0.05, 0) is 60.7 Å². The van der Waals surface area contributed by atoms with E-state index in [0.29, 0.717) is 12.1 Å². The van der Waals surface area contributed by atoms with Crippen LogP contribution in [0.25, 0.3) is 0 Å². The van der Waals surface area contributed by atoms with E-state index in [0.717, 1.165) is 48.5 Å². The second-order valence-corrected chi connectivity index (χ2v) is 11.4. The number of rotatable bonds is 20. The molecule has 0 aliphatic heterocycles. The Bertz CT molecular complexity index is 2210. The zero-order valence-electron chi connectivity index (χ0n) is 29.7. The molecular formula is C34H22O28. The topological polar surface area (TPSA) is 422 Å². The molecule has 0 saturated carbocycles. The molecule has 0 unspecified atom stereocenters. The van der Waals surface area contributed by atoms with Gasteiger partial charge in [-0.1, -0.05) is 0 Å². The van der Waals surface area contributed by atoms with Crippen LogP contribution in [0.15, 0.2) is 60.7 Å². The molecule has 0 bridgehead atoms. The van der Waals surface area contributed by atoms with Gasteiger partial charge in [-0.2, -0.15) is 0 Å². The van der Waals surface area contributed by atoms with E-state index >= 15 is 0 Å². The first kappa shape index (κ1) is 45.0. The molecule has 28 nitrogen and oxygen atoms in total. The minimum atomic E-state index is -1.53. The first-order valence-electron chi connectivity index (χ1n) is 15.8. The van der Waals surface area contributed by atoms with Crippen LogP contribution in [0, 0.1) is 0 Å². The molecule has 62 heavy (non-hydrogen) atoms. The van der Waals surface area contributed by atoms with E-state index in [-0.39, 0.29) is 0 Å². The van der Waals surface area contributed by atoms with E-state index in [1.807, 2.05) is 0 Å². The summed E-state index contributed by atoms with van der Waals surface area (Å²) in [5.74, 6) is -18.3. The fourth-order valence-corrected chi connectivity index (χ4v) is 5.82. The third-order valence-corrected chi connectivity index (χ3v) is 8.54. The van der Waals surface area contributed by atoms with Gasteiger partial charge in [0.1, 0.15) is 0 Å². The van der Waals surface area contributed by atoms with E-state index < -0.39 is 137 Å². The minimum Gasteiger partial charge on any atom is -0.336 e. The Morgan fingerprint density at radius 2 is 0.419 bits per heavy atom. The molecule has 0 fully saturated rings. The summed E-state index contributed by atoms with van der Waals surface area (Å²) in [7, 11) is 0. The Labute approximate surface area is 338 Å². The maximum Gasteiger partial charge on any atom is 0.257 e. The van der Waals surface area contributed by atoms with Crippen molar-refractivity contribution in [2.75, 3.05) is 0 Å². The van der Waals surface area contributed by atoms with Crippen LogP contribution in [0.3, 0.4) is 0 Å². The van der Waals surface area contributed by atoms with Gasteiger partial charge in [0.25, 0.3) is 23.0 Å². The summed E-state index contributed by atoms with van der Waals surface area (Å²) < 4.78 is 0. The van der Waals surface area contributed by atoms with Gasteiger partial charge in [-0.15, -0.1) is 0 Å². The molecule has 326 valence electrons. The molecule has 5 aromatic carbocycles. The Morgan fingerprint density at radius 3 is 0.565 bits per heavy atom. The van der Waals surface area contributed by atoms with E-state index in [1.165, 1.54) is 0 Å². The van der Waals surface area contributed by atoms with Gasteiger partial charge in [0.2, 0.25) is 46.0 Å². The van der Waals surface area contributed by atoms with Crippen LogP contribution in [-0.4, -0.2) is 86.2 Å². The van der Waals surface area contributed by atoms with Gasteiger partial charge < -0.3 is 58.7 Å². The SMILES string of the molecule is O=C(c1cc(C(=O)c2ccc(OO)c(OO)c2OO)c(C(=O)c2ccc(OO)c(OO)c2OO)cc1C(=O)c1ccc(OO)c(OO)c1OO)c1ccc(OO)c(OO)c1OO. The average molecular weight is 879 g/mol. The highest BCUT2D eigenvalue weighted by Gasteiger charge is 2.36. The van der Waals surface area contributed by atoms with Gasteiger partial charge >= 0.3 is 0 Å². The fourth-order valence-electron chi connectivity index (χ4n) is 5.82. The first-order valence-corrected chi connectivity index (χ1v) is 15.8. The summed E-state index contributed by atoms with van der Waals surface area (Å²) in [5, 5.41) is 114. The molecule has 12 N–H and O–H groups in total. The van der Waals surface area contributed by atoms with Crippen molar-refractivity contribution in [1.29, 1.82) is 0 Å². The summed E-state index contributed by atoms with van der Waals surface area (Å²) in [4.78, 5) is 107. The quantitative estimate of drug-likeness (QED) is 0.0283. The van der Waals surface area contributed by atoms with Crippen molar-refractivity contribution in [2.45, 2.75) is 0 Å². The van der Waals surface area contributed by atoms with Crippen LogP contribution in [0.1, 0.15) is 63.7 Å². The van der Waals surface area contributed by atoms with Crippen LogP contribution < -0.4 is 58.7 Å². The largest absolute Gasteiger partial charge is 0.336 e. The van der Waals surface area contributed by atoms with Crippen molar-refractivity contribution >= 4 is 23.1 Å². The zero-order valence-corrected chi connectivity index (χ0v) is 29.7. The number of hydrogen-bond acceptors (Lipinski definition) is 28. The predicted molar refractivity (Wildman–Crippen MR) is 185 cm³/mol. The number of carbonyl (C=O) groups excluding carboxylic acids is 4. The van der Waals surface area contributed by atoms with Crippen LogP contribution in [0.4, 0.5) is 0 Å². The molecule has 0 aliphatic rings. The van der Waals surface area contributed by atoms with E-state index in [4.69, 9.17) is 0 Å². The van der Waals surface area contributed by atoms with Crippen molar-refractivity contribution in [1.82, 2.24) is 0 Å². The Kier molecular flexibility index (Phi) is 14.0. The highest BCUT2D eigenvalue weighted by molar-refractivity contribution is 6.27. The molecule has 0 spiro atoms. The van der Waals surface area contributed by atoms with Crippen LogP contribution in [0.5, 0.6) is 69.0 Å². The number of ketones is 4. The number of carbonyl (C=O) groups is 4. The van der Waals surface area contributed by atoms with Crippen LogP contribution >= 0.6 is 0 Å². The number of hydrogen-bond donors (Lipinski definition) is 12. The third kappa shape index (κ3) is 7.73. The molecule has 5 aromatic rings. The lowest BCUT2D eigenvalue weighted by atomic mass is 9.84. The predicted octanol–water partition coefficient (Wildman–Crippen LogP) is 4.83. The van der Waals surface area contributed by atoms with Crippen LogP contribution in [0.2, 0.25) is 0 Å². The summed E-state index contributed by atoms with van der Waals surface area (Å²) in [5.41, 5.74) is -7.83. The monoisotopic (exact) mass is 878 g/mol. The van der Waals surface area contributed by atoms with E-state index in [1.54, 1.807) is 0 Å². The Balaban J connectivity index is 1.98. The summed E-state index contributed by atoms with van der Waals surface area (Å²) in [6.07, 6.45) is 0. The number of benzene rings is 5. The molecule has 0 saturated heterocycles. The van der Waals surface area contributed by atoms with Crippen LogP contribution in [-0.2, 0) is 0 Å². The molecule has 0 radical (unpaired) electrons. The molecule has 0 atom stereocenters. The average Bonchev–Trinajstić information content (AvgIpc) is 3.32. The molecule has 0 amide bonds. The lowest BCUT2D eigenvalue weighted by Gasteiger charge is -2.18. The van der Waals surface area contributed by atoms with Gasteiger partial charge in [-0.3, -0.25) is 19.2 Å². The Hall–Kier alpha value is -8.10. The molecule has 0 aliphatic carbocycles. The minimum absolute atomic E-state index is 0.474. The van der Waals surface area contributed by atoms with Gasteiger partial charge in [0, 0.05) is 22.3 Å². The van der Waals surface area contributed by atoms with Crippen molar-refractivity contribution in [3.8, 4) is 69.0 Å². The highest BCUT2D eigenvalue weighted by Crippen LogP contribution is 2.46.